The van der Waals surface area contributed by atoms with Crippen LogP contribution < -0.4 is 0 Å². The fraction of sp³-hybridized carbons (Fsp3) is 0.667. The van der Waals surface area contributed by atoms with E-state index in [-0.39, 0.29) is 43.9 Å². The van der Waals surface area contributed by atoms with Crippen LogP contribution in [0.1, 0.15) is 27.7 Å². The number of ether oxygens (including phenoxy) is 2. The van der Waals surface area contributed by atoms with Gasteiger partial charge in [0.1, 0.15) is 21.2 Å². The molecular formula is C15H18Cl4O3. The fourth-order valence-corrected chi connectivity index (χ4v) is 3.36. The van der Waals surface area contributed by atoms with E-state index >= 15 is 0 Å². The highest BCUT2D eigenvalue weighted by Gasteiger charge is 2.62. The minimum atomic E-state index is -0.695. The van der Waals surface area contributed by atoms with Crippen LogP contribution in [0.25, 0.3) is 0 Å². The molecule has 2 aliphatic rings. The topological polar surface area (TPSA) is 35.5 Å². The molecule has 0 aromatic rings. The summed E-state index contributed by atoms with van der Waals surface area (Å²) in [5, 5.41) is 0. The van der Waals surface area contributed by atoms with Crippen LogP contribution in [0.2, 0.25) is 0 Å². The lowest BCUT2D eigenvalue weighted by atomic mass is 10.1. The van der Waals surface area contributed by atoms with E-state index in [2.05, 4.69) is 0 Å². The number of carbonyl (C=O) groups excluding carboxylic acids is 1. The summed E-state index contributed by atoms with van der Waals surface area (Å²) in [6, 6.07) is 0. The molecule has 0 aliphatic heterocycles. The average Bonchev–Trinajstić information content (AvgIpc) is 3.03. The molecule has 0 N–H and O–H groups in total. The Hall–Kier alpha value is -0.0900. The predicted octanol–water partition coefficient (Wildman–Crippen LogP) is 5.83. The Morgan fingerprint density at radius 1 is 0.818 bits per heavy atom. The van der Waals surface area contributed by atoms with Crippen molar-refractivity contribution in [2.45, 2.75) is 39.9 Å². The summed E-state index contributed by atoms with van der Waals surface area (Å²) >= 11 is 22.7. The van der Waals surface area contributed by atoms with Crippen LogP contribution in [0.15, 0.2) is 21.1 Å². The average molecular weight is 388 g/mol. The smallest absolute Gasteiger partial charge is 0.430 e. The Bertz CT molecular complexity index is 485. The second-order valence-corrected chi connectivity index (χ2v) is 8.95. The van der Waals surface area contributed by atoms with Gasteiger partial charge in [0.25, 0.3) is 0 Å². The van der Waals surface area contributed by atoms with Crippen LogP contribution in [0, 0.1) is 22.7 Å². The SMILES string of the molecule is CC1(C)C(C=C(Cl)Cl)C1OC(=O)OC1C(C=C(Cl)Cl)C1(C)C. The summed E-state index contributed by atoms with van der Waals surface area (Å²) in [6.07, 6.45) is 2.08. The molecule has 2 aliphatic carbocycles. The summed E-state index contributed by atoms with van der Waals surface area (Å²) in [4.78, 5) is 12.0. The molecule has 22 heavy (non-hydrogen) atoms. The number of hydrogen-bond acceptors (Lipinski definition) is 3. The third kappa shape index (κ3) is 3.69. The molecule has 0 amide bonds. The van der Waals surface area contributed by atoms with Gasteiger partial charge in [0.05, 0.1) is 0 Å². The lowest BCUT2D eigenvalue weighted by Gasteiger charge is -2.08. The van der Waals surface area contributed by atoms with Gasteiger partial charge in [-0.05, 0) is 12.2 Å². The largest absolute Gasteiger partial charge is 0.508 e. The van der Waals surface area contributed by atoms with E-state index < -0.39 is 6.16 Å². The van der Waals surface area contributed by atoms with Crippen molar-refractivity contribution in [1.82, 2.24) is 0 Å². The molecule has 0 aromatic carbocycles. The first kappa shape index (κ1) is 18.3. The van der Waals surface area contributed by atoms with Crippen molar-refractivity contribution in [2.75, 3.05) is 0 Å². The minimum Gasteiger partial charge on any atom is -0.430 e. The normalized spacial score (nSPS) is 33.5. The Kier molecular flexibility index (Phi) is 5.05. The first-order valence-corrected chi connectivity index (χ1v) is 8.42. The van der Waals surface area contributed by atoms with E-state index in [1.807, 2.05) is 27.7 Å². The van der Waals surface area contributed by atoms with Crippen LogP contribution in [0.5, 0.6) is 0 Å². The van der Waals surface area contributed by atoms with Gasteiger partial charge in [0, 0.05) is 22.7 Å². The van der Waals surface area contributed by atoms with Gasteiger partial charge in [0.15, 0.2) is 0 Å². The summed E-state index contributed by atoms with van der Waals surface area (Å²) in [5.74, 6) is -0.0181. The zero-order valence-electron chi connectivity index (χ0n) is 12.7. The molecule has 0 spiro atoms. The molecule has 2 saturated carbocycles. The molecular weight excluding hydrogens is 370 g/mol. The Morgan fingerprint density at radius 3 is 1.41 bits per heavy atom. The molecule has 3 nitrogen and oxygen atoms in total. The zero-order valence-corrected chi connectivity index (χ0v) is 15.7. The molecule has 0 radical (unpaired) electrons. The van der Waals surface area contributed by atoms with E-state index in [0.717, 1.165) is 0 Å². The number of halogens is 4. The minimum absolute atomic E-state index is 0.00903. The van der Waals surface area contributed by atoms with Crippen molar-refractivity contribution in [3.05, 3.63) is 21.1 Å². The Balaban J connectivity index is 1.90. The standard InChI is InChI=1S/C15H18Cl4O3/c1-14(2)7(5-9(16)17)11(14)21-13(20)22-12-8(6-10(18)19)15(12,3)4/h5-8,11-12H,1-4H3. The molecule has 4 unspecified atom stereocenters. The van der Waals surface area contributed by atoms with Crippen molar-refractivity contribution in [3.8, 4) is 0 Å². The molecule has 7 heteroatoms. The third-order valence-electron chi connectivity index (χ3n) is 4.68. The van der Waals surface area contributed by atoms with Crippen LogP contribution in [-0.4, -0.2) is 18.4 Å². The van der Waals surface area contributed by atoms with Crippen LogP contribution >= 0.6 is 46.4 Å². The maximum absolute atomic E-state index is 12.0. The van der Waals surface area contributed by atoms with E-state index in [4.69, 9.17) is 55.9 Å². The third-order valence-corrected chi connectivity index (χ3v) is 5.18. The van der Waals surface area contributed by atoms with Crippen molar-refractivity contribution >= 4 is 52.6 Å². The summed E-state index contributed by atoms with van der Waals surface area (Å²) in [7, 11) is 0. The van der Waals surface area contributed by atoms with Crippen LogP contribution in [0.3, 0.4) is 0 Å². The molecule has 2 fully saturated rings. The second kappa shape index (κ2) is 6.08. The van der Waals surface area contributed by atoms with Gasteiger partial charge in [0.2, 0.25) is 0 Å². The number of rotatable bonds is 4. The molecule has 124 valence electrons. The van der Waals surface area contributed by atoms with Gasteiger partial charge in [-0.15, -0.1) is 0 Å². The molecule has 4 atom stereocenters. The van der Waals surface area contributed by atoms with Gasteiger partial charge in [-0.3, -0.25) is 0 Å². The van der Waals surface area contributed by atoms with E-state index in [9.17, 15) is 4.79 Å². The highest BCUT2D eigenvalue weighted by atomic mass is 35.5. The first-order valence-electron chi connectivity index (χ1n) is 6.91. The van der Waals surface area contributed by atoms with Crippen molar-refractivity contribution in [2.24, 2.45) is 22.7 Å². The molecule has 0 heterocycles. The predicted molar refractivity (Wildman–Crippen MR) is 89.3 cm³/mol. The Labute approximate surface area is 150 Å². The van der Waals surface area contributed by atoms with Gasteiger partial charge < -0.3 is 9.47 Å². The highest BCUT2D eigenvalue weighted by molar-refractivity contribution is 6.56. The van der Waals surface area contributed by atoms with Crippen molar-refractivity contribution in [3.63, 3.8) is 0 Å². The first-order chi connectivity index (χ1) is 9.97. The van der Waals surface area contributed by atoms with Gasteiger partial charge in [-0.2, -0.15) is 0 Å². The van der Waals surface area contributed by atoms with Gasteiger partial charge in [-0.25, -0.2) is 4.79 Å². The summed E-state index contributed by atoms with van der Waals surface area (Å²) < 4.78 is 11.1. The lowest BCUT2D eigenvalue weighted by Crippen LogP contribution is -2.15. The molecule has 0 bridgehead atoms. The maximum atomic E-state index is 12.0. The van der Waals surface area contributed by atoms with Crippen LogP contribution in [0.4, 0.5) is 4.79 Å². The second-order valence-electron chi connectivity index (χ2n) is 6.93. The molecule has 0 aromatic heterocycles. The highest BCUT2D eigenvalue weighted by Crippen LogP contribution is 2.58. The zero-order chi connectivity index (χ0) is 16.9. The lowest BCUT2D eigenvalue weighted by molar-refractivity contribution is 0.0274. The van der Waals surface area contributed by atoms with Gasteiger partial charge >= 0.3 is 6.16 Å². The monoisotopic (exact) mass is 386 g/mol. The summed E-state index contributed by atoms with van der Waals surface area (Å²) in [6.45, 7) is 7.90. The molecule has 0 saturated heterocycles. The Morgan fingerprint density at radius 2 is 1.14 bits per heavy atom. The van der Waals surface area contributed by atoms with Crippen molar-refractivity contribution < 1.29 is 14.3 Å². The number of hydrogen-bond donors (Lipinski definition) is 0. The summed E-state index contributed by atoms with van der Waals surface area (Å²) in [5.41, 5.74) is -0.405. The van der Waals surface area contributed by atoms with E-state index in [0.29, 0.717) is 0 Å². The van der Waals surface area contributed by atoms with E-state index in [1.165, 1.54) is 0 Å². The van der Waals surface area contributed by atoms with Crippen LogP contribution in [-0.2, 0) is 9.47 Å². The van der Waals surface area contributed by atoms with Crippen molar-refractivity contribution in [1.29, 1.82) is 0 Å². The fourth-order valence-electron chi connectivity index (χ4n) is 2.82. The quantitative estimate of drug-likeness (QED) is 0.569. The van der Waals surface area contributed by atoms with E-state index in [1.54, 1.807) is 12.2 Å². The molecule has 2 rings (SSSR count). The number of carbonyl (C=O) groups is 1. The maximum Gasteiger partial charge on any atom is 0.508 e. The van der Waals surface area contributed by atoms with Gasteiger partial charge in [-0.1, -0.05) is 74.1 Å².